The minimum atomic E-state index is -2.75. The summed E-state index contributed by atoms with van der Waals surface area (Å²) in [5, 5.41) is 3.16. The topological polar surface area (TPSA) is 0 Å². The van der Waals surface area contributed by atoms with E-state index in [1.807, 2.05) is 0 Å². The van der Waals surface area contributed by atoms with Crippen molar-refractivity contribution < 1.29 is 20.1 Å². The minimum absolute atomic E-state index is 0. The van der Waals surface area contributed by atoms with Gasteiger partial charge in [0.15, 0.2) is 0 Å². The molecule has 0 spiro atoms. The Morgan fingerprint density at radius 2 is 1.26 bits per heavy atom. The Morgan fingerprint density at radius 1 is 0.667 bits per heavy atom. The van der Waals surface area contributed by atoms with E-state index in [-0.39, 0.29) is 35.6 Å². The average Bonchev–Trinajstić information content (AvgIpc) is 3.59. The molecule has 2 aliphatic carbocycles. The molecule has 0 unspecified atom stereocenters. The quantitative estimate of drug-likeness (QED) is 0.161. The maximum atomic E-state index is 2.52. The van der Waals surface area contributed by atoms with Crippen LogP contribution in [0.4, 0.5) is 0 Å². The molecule has 0 atom stereocenters. The van der Waals surface area contributed by atoms with Gasteiger partial charge in [-0.2, -0.15) is 0 Å². The molecule has 0 fully saturated rings. The molecule has 0 N–H and O–H groups in total. The molecule has 0 saturated heterocycles. The van der Waals surface area contributed by atoms with E-state index in [0.717, 1.165) is 12.8 Å². The molecule has 0 amide bonds. The first-order chi connectivity index (χ1) is 19.1. The van der Waals surface area contributed by atoms with Crippen LogP contribution in [-0.4, -0.2) is 5.49 Å². The fraction of sp³-hybridized carbons (Fsp3) is 0.263. The van der Waals surface area contributed by atoms with E-state index in [2.05, 4.69) is 151 Å². The van der Waals surface area contributed by atoms with E-state index in [1.54, 1.807) is 28.2 Å². The summed E-state index contributed by atoms with van der Waals surface area (Å²) in [6.45, 7) is 14.3. The Hall–Kier alpha value is -1.97. The standard InChI is InChI=1S/C21H25.C12H10Si.C5H5.2ClH.Hf/c1-20(2,3)16-7-9-18-14(12-16)11-15-13-17(21(4,5)6)8-10-19(15)18;1-3-7-11(8-4-1)13-12-9-5-2-6-10-12;1-2-4-5-3-1;;;/h7-10,12H,11H2,1-6H3;1-10H;1-3H,4H2;2*1H;. The summed E-state index contributed by atoms with van der Waals surface area (Å²) < 4.78 is 3.58. The van der Waals surface area contributed by atoms with Gasteiger partial charge in [-0.05, 0) is 0 Å². The minimum Gasteiger partial charge on any atom is -0.147 e. The molecule has 0 aromatic heterocycles. The number of hydrogen-bond acceptors (Lipinski definition) is 0. The van der Waals surface area contributed by atoms with Gasteiger partial charge in [-0.15, -0.1) is 24.8 Å². The van der Waals surface area contributed by atoms with Gasteiger partial charge in [0.2, 0.25) is 0 Å². The monoisotopic (exact) mass is 776 g/mol. The third-order valence-electron chi connectivity index (χ3n) is 8.47. The van der Waals surface area contributed by atoms with Crippen molar-refractivity contribution in [2.24, 2.45) is 0 Å². The molecule has 6 rings (SSSR count). The molecule has 0 nitrogen and oxygen atoms in total. The molecule has 0 radical (unpaired) electrons. The molecule has 0 bridgehead atoms. The van der Waals surface area contributed by atoms with Crippen LogP contribution in [0.25, 0.3) is 11.1 Å². The normalized spacial score (nSPS) is 13.4. The first kappa shape index (κ1) is 32.9. The Bertz CT molecular complexity index is 1640. The smallest absolute Gasteiger partial charge is 0.147 e. The summed E-state index contributed by atoms with van der Waals surface area (Å²) in [6, 6.07) is 35.4. The molecule has 2 aliphatic rings. The second-order valence-corrected chi connectivity index (χ2v) is 31.6. The molecule has 0 heterocycles. The van der Waals surface area contributed by atoms with Crippen molar-refractivity contribution in [3.63, 3.8) is 0 Å². The van der Waals surface area contributed by atoms with Crippen LogP contribution in [0.2, 0.25) is 0 Å². The van der Waals surface area contributed by atoms with Gasteiger partial charge in [-0.25, -0.2) is 0 Å². The zero-order chi connectivity index (χ0) is 28.1. The molecule has 4 aromatic rings. The average molecular weight is 776 g/mol. The van der Waals surface area contributed by atoms with Crippen LogP contribution in [0.15, 0.2) is 113 Å². The Morgan fingerprint density at radius 3 is 1.79 bits per heavy atom. The predicted molar refractivity (Wildman–Crippen MR) is 186 cm³/mol. The first-order valence-electron chi connectivity index (χ1n) is 14.6. The summed E-state index contributed by atoms with van der Waals surface area (Å²) in [6.07, 6.45) is 9.45. The SMILES string of the molecule is CC(C)(C)c1ccc2c(c1)Cc1c-2ccc(C(C)(C)C)[c]1[Hf]([C]1=CC=CC1)=[Si](c1ccccc1)c1ccccc1.Cl.Cl. The number of allylic oxidation sites excluding steroid dienone is 4. The van der Waals surface area contributed by atoms with E-state index >= 15 is 0 Å². The van der Waals surface area contributed by atoms with E-state index in [0.29, 0.717) is 0 Å². The van der Waals surface area contributed by atoms with Crippen molar-refractivity contribution in [2.45, 2.75) is 65.2 Å². The molecular weight excluding hydrogens is 734 g/mol. The van der Waals surface area contributed by atoms with Gasteiger partial charge < -0.3 is 0 Å². The van der Waals surface area contributed by atoms with Crippen molar-refractivity contribution in [1.82, 2.24) is 0 Å². The van der Waals surface area contributed by atoms with Gasteiger partial charge in [-0.1, -0.05) is 0 Å². The van der Waals surface area contributed by atoms with Gasteiger partial charge in [0.25, 0.3) is 0 Å². The molecule has 4 heteroatoms. The number of hydrogen-bond donors (Lipinski definition) is 0. The third kappa shape index (κ3) is 6.29. The molecule has 42 heavy (non-hydrogen) atoms. The van der Waals surface area contributed by atoms with Crippen LogP contribution in [0, 0.1) is 0 Å². The van der Waals surface area contributed by atoms with Crippen molar-refractivity contribution in [2.75, 3.05) is 0 Å². The second kappa shape index (κ2) is 12.9. The Balaban J connectivity index is 0.00000202. The molecule has 216 valence electrons. The summed E-state index contributed by atoms with van der Waals surface area (Å²) in [5.74, 6) is 0. The van der Waals surface area contributed by atoms with Gasteiger partial charge in [0.1, 0.15) is 0 Å². The summed E-state index contributed by atoms with van der Waals surface area (Å²) in [4.78, 5) is 0. The Kier molecular flexibility index (Phi) is 10.1. The van der Waals surface area contributed by atoms with Crippen molar-refractivity contribution in [1.29, 1.82) is 0 Å². The van der Waals surface area contributed by atoms with Crippen molar-refractivity contribution in [3.05, 3.63) is 135 Å². The Labute approximate surface area is 273 Å². The predicted octanol–water partition coefficient (Wildman–Crippen LogP) is 8.59. The van der Waals surface area contributed by atoms with E-state index in [9.17, 15) is 0 Å². The number of halogens is 2. The number of fused-ring (bicyclic) bond motifs is 3. The third-order valence-corrected chi connectivity index (χ3v) is 34.6. The molecular formula is C38H42Cl2HfSi. The van der Waals surface area contributed by atoms with Gasteiger partial charge >= 0.3 is 250 Å². The maximum absolute atomic E-state index is 2.75. The molecule has 0 aliphatic heterocycles. The number of benzene rings is 4. The van der Waals surface area contributed by atoms with Crippen LogP contribution in [0.3, 0.4) is 0 Å². The summed E-state index contributed by atoms with van der Waals surface area (Å²) in [5.41, 5.74) is 8.43. The van der Waals surface area contributed by atoms with Crippen molar-refractivity contribution in [3.8, 4) is 11.1 Å². The largest absolute Gasteiger partial charge is 0.147 e. The molecule has 0 saturated carbocycles. The van der Waals surface area contributed by atoms with E-state index in [1.165, 1.54) is 22.3 Å². The van der Waals surface area contributed by atoms with Gasteiger partial charge in [-0.3, -0.25) is 0 Å². The first-order valence-corrected chi connectivity index (χ1v) is 25.1. The summed E-state index contributed by atoms with van der Waals surface area (Å²) in [7, 11) is 0. The fourth-order valence-electron chi connectivity index (χ4n) is 6.40. The zero-order valence-corrected chi connectivity index (χ0v) is 31.8. The van der Waals surface area contributed by atoms with Crippen LogP contribution in [0.5, 0.6) is 0 Å². The van der Waals surface area contributed by atoms with Gasteiger partial charge in [0, 0.05) is 0 Å². The van der Waals surface area contributed by atoms with Gasteiger partial charge in [0.05, 0.1) is 0 Å². The van der Waals surface area contributed by atoms with Crippen LogP contribution < -0.4 is 13.7 Å². The van der Waals surface area contributed by atoms with Crippen LogP contribution >= 0.6 is 24.8 Å². The number of rotatable bonds is 4. The zero-order valence-electron chi connectivity index (χ0n) is 25.6. The van der Waals surface area contributed by atoms with Crippen LogP contribution in [-0.2, 0) is 37.3 Å². The van der Waals surface area contributed by atoms with Crippen molar-refractivity contribution >= 4 is 44.0 Å². The molecule has 4 aromatic carbocycles. The summed E-state index contributed by atoms with van der Waals surface area (Å²) >= 11 is -2.75. The van der Waals surface area contributed by atoms with E-state index in [4.69, 9.17) is 0 Å². The fourth-order valence-corrected chi connectivity index (χ4v) is 36.5. The maximum Gasteiger partial charge on any atom is -0.147 e. The van der Waals surface area contributed by atoms with E-state index < -0.39 is 25.6 Å². The van der Waals surface area contributed by atoms with Crippen LogP contribution in [0.1, 0.15) is 70.2 Å². The second-order valence-electron chi connectivity index (χ2n) is 13.4.